The van der Waals surface area contributed by atoms with Crippen LogP contribution in [0.15, 0.2) is 18.2 Å². The minimum absolute atomic E-state index is 0.0199. The minimum Gasteiger partial charge on any atom is -0.391 e. The normalized spacial score (nSPS) is 20.1. The molecule has 1 saturated heterocycles. The molecule has 2 rings (SSSR count). The number of hydrogen-bond donors (Lipinski definition) is 1. The van der Waals surface area contributed by atoms with E-state index in [1.807, 2.05) is 4.90 Å². The number of nitro benzene ring substituents is 1. The average molecular weight is 243 g/mol. The molecule has 0 amide bonds. The number of β-amino-alcohol motifs (C(OH)–C–C–N with tert-alkyl or cyclic N) is 1. The molecule has 6 heteroatoms. The van der Waals surface area contributed by atoms with Gasteiger partial charge < -0.3 is 10.0 Å². The zero-order valence-electron chi connectivity index (χ0n) is 8.47. The predicted molar refractivity (Wildman–Crippen MR) is 60.9 cm³/mol. The van der Waals surface area contributed by atoms with Gasteiger partial charge >= 0.3 is 0 Å². The van der Waals surface area contributed by atoms with Crippen molar-refractivity contribution in [3.63, 3.8) is 0 Å². The van der Waals surface area contributed by atoms with Gasteiger partial charge in [0.2, 0.25) is 0 Å². The number of hydrogen-bond acceptors (Lipinski definition) is 4. The first-order chi connectivity index (χ1) is 7.58. The van der Waals surface area contributed by atoms with Crippen LogP contribution in [0.3, 0.4) is 0 Å². The lowest BCUT2D eigenvalue weighted by Gasteiger charge is -2.18. The zero-order valence-corrected chi connectivity index (χ0v) is 9.22. The maximum Gasteiger partial charge on any atom is 0.271 e. The lowest BCUT2D eigenvalue weighted by molar-refractivity contribution is -0.384. The quantitative estimate of drug-likeness (QED) is 0.635. The van der Waals surface area contributed by atoms with Gasteiger partial charge in [0.1, 0.15) is 0 Å². The van der Waals surface area contributed by atoms with Gasteiger partial charge in [-0.15, -0.1) is 0 Å². The van der Waals surface area contributed by atoms with Gasteiger partial charge in [0.05, 0.1) is 21.7 Å². The summed E-state index contributed by atoms with van der Waals surface area (Å²) in [5.74, 6) is 0. The third-order valence-electron chi connectivity index (χ3n) is 2.65. The van der Waals surface area contributed by atoms with Crippen molar-refractivity contribution in [2.45, 2.75) is 12.5 Å². The van der Waals surface area contributed by atoms with Crippen LogP contribution in [0, 0.1) is 10.1 Å². The van der Waals surface area contributed by atoms with Gasteiger partial charge in [-0.25, -0.2) is 0 Å². The van der Waals surface area contributed by atoms with Crippen LogP contribution < -0.4 is 4.90 Å². The molecule has 1 aromatic carbocycles. The Kier molecular flexibility index (Phi) is 2.98. The number of rotatable bonds is 2. The number of anilines is 1. The second-order valence-electron chi connectivity index (χ2n) is 3.78. The molecule has 0 saturated carbocycles. The maximum absolute atomic E-state index is 10.5. The van der Waals surface area contributed by atoms with Crippen LogP contribution >= 0.6 is 11.6 Å². The second kappa shape index (κ2) is 4.27. The number of non-ortho nitro benzene ring substituents is 1. The molecule has 1 aromatic rings. The second-order valence-corrected chi connectivity index (χ2v) is 4.19. The fraction of sp³-hybridized carbons (Fsp3) is 0.400. The van der Waals surface area contributed by atoms with Crippen molar-refractivity contribution in [1.29, 1.82) is 0 Å². The highest BCUT2D eigenvalue weighted by Crippen LogP contribution is 2.31. The molecule has 1 heterocycles. The summed E-state index contributed by atoms with van der Waals surface area (Å²) in [6, 6.07) is 4.38. The lowest BCUT2D eigenvalue weighted by atomic mass is 10.2. The average Bonchev–Trinajstić information content (AvgIpc) is 2.64. The number of aliphatic hydroxyl groups excluding tert-OH is 1. The van der Waals surface area contributed by atoms with Crippen LogP contribution in [-0.2, 0) is 0 Å². The molecule has 1 aliphatic rings. The summed E-state index contributed by atoms with van der Waals surface area (Å²) in [6.07, 6.45) is 0.360. The van der Waals surface area contributed by atoms with Gasteiger partial charge in [-0.05, 0) is 12.5 Å². The molecule has 1 aliphatic heterocycles. The molecule has 0 aromatic heterocycles. The largest absolute Gasteiger partial charge is 0.391 e. The Bertz CT molecular complexity index is 425. The predicted octanol–water partition coefficient (Wildman–Crippen LogP) is 1.82. The SMILES string of the molecule is O=[N+]([O-])c1ccc(N2CC[C@H](O)C2)c(Cl)c1. The van der Waals surface area contributed by atoms with E-state index in [-0.39, 0.29) is 11.8 Å². The third kappa shape index (κ3) is 2.10. The lowest BCUT2D eigenvalue weighted by Crippen LogP contribution is -2.21. The third-order valence-corrected chi connectivity index (χ3v) is 2.95. The van der Waals surface area contributed by atoms with Crippen molar-refractivity contribution in [3.8, 4) is 0 Å². The van der Waals surface area contributed by atoms with E-state index in [0.29, 0.717) is 18.0 Å². The molecule has 5 nitrogen and oxygen atoms in total. The molecule has 1 fully saturated rings. The number of benzene rings is 1. The van der Waals surface area contributed by atoms with E-state index >= 15 is 0 Å². The fourth-order valence-electron chi connectivity index (χ4n) is 1.83. The summed E-state index contributed by atoms with van der Waals surface area (Å²) in [5, 5.41) is 20.3. The summed E-state index contributed by atoms with van der Waals surface area (Å²) >= 11 is 5.97. The molecule has 16 heavy (non-hydrogen) atoms. The topological polar surface area (TPSA) is 66.6 Å². The number of halogens is 1. The molecule has 0 aliphatic carbocycles. The van der Waals surface area contributed by atoms with Crippen molar-refractivity contribution >= 4 is 23.0 Å². The van der Waals surface area contributed by atoms with E-state index in [0.717, 1.165) is 12.2 Å². The fourth-order valence-corrected chi connectivity index (χ4v) is 2.12. The Morgan fingerprint density at radius 3 is 2.81 bits per heavy atom. The van der Waals surface area contributed by atoms with Gasteiger partial charge in [0.25, 0.3) is 5.69 Å². The van der Waals surface area contributed by atoms with Crippen molar-refractivity contribution in [1.82, 2.24) is 0 Å². The van der Waals surface area contributed by atoms with E-state index in [9.17, 15) is 15.2 Å². The van der Waals surface area contributed by atoms with Crippen molar-refractivity contribution in [2.75, 3.05) is 18.0 Å². The molecule has 0 bridgehead atoms. The molecule has 86 valence electrons. The molecule has 1 atom stereocenters. The van der Waals surface area contributed by atoms with Gasteiger partial charge in [0.15, 0.2) is 0 Å². The smallest absolute Gasteiger partial charge is 0.271 e. The number of nitrogens with zero attached hydrogens (tertiary/aromatic N) is 2. The Morgan fingerprint density at radius 1 is 1.56 bits per heavy atom. The highest BCUT2D eigenvalue weighted by atomic mass is 35.5. The Labute approximate surface area is 97.4 Å². The van der Waals surface area contributed by atoms with Crippen LogP contribution in [0.1, 0.15) is 6.42 Å². The molecule has 0 unspecified atom stereocenters. The minimum atomic E-state index is -0.478. The van der Waals surface area contributed by atoms with Crippen molar-refractivity contribution in [2.24, 2.45) is 0 Å². The highest BCUT2D eigenvalue weighted by Gasteiger charge is 2.22. The molecular weight excluding hydrogens is 232 g/mol. The molecule has 0 radical (unpaired) electrons. The Balaban J connectivity index is 2.26. The van der Waals surface area contributed by atoms with E-state index in [1.165, 1.54) is 12.1 Å². The Morgan fingerprint density at radius 2 is 2.31 bits per heavy atom. The van der Waals surface area contributed by atoms with E-state index in [4.69, 9.17) is 11.6 Å². The van der Waals surface area contributed by atoms with Gasteiger partial charge in [-0.2, -0.15) is 0 Å². The molecule has 0 spiro atoms. The monoisotopic (exact) mass is 242 g/mol. The number of aliphatic hydroxyl groups is 1. The van der Waals surface area contributed by atoms with Gasteiger partial charge in [-0.3, -0.25) is 10.1 Å². The van der Waals surface area contributed by atoms with Crippen LogP contribution in [0.2, 0.25) is 5.02 Å². The zero-order chi connectivity index (χ0) is 11.7. The summed E-state index contributed by atoms with van der Waals surface area (Å²) in [6.45, 7) is 1.25. The molecular formula is C10H11ClN2O3. The summed E-state index contributed by atoms with van der Waals surface area (Å²) in [5.41, 5.74) is 0.720. The Hall–Kier alpha value is -1.33. The number of nitro groups is 1. The summed E-state index contributed by atoms with van der Waals surface area (Å²) in [7, 11) is 0. The van der Waals surface area contributed by atoms with E-state index < -0.39 is 4.92 Å². The standard InChI is InChI=1S/C10H11ClN2O3/c11-9-5-7(13(15)16)1-2-10(9)12-4-3-8(14)6-12/h1-2,5,8,14H,3-4,6H2/t8-/m0/s1. The van der Waals surface area contributed by atoms with Crippen LogP contribution in [0.25, 0.3) is 0 Å². The first kappa shape index (κ1) is 11.2. The summed E-state index contributed by atoms with van der Waals surface area (Å²) < 4.78 is 0. The summed E-state index contributed by atoms with van der Waals surface area (Å²) in [4.78, 5) is 12.0. The van der Waals surface area contributed by atoms with Crippen molar-refractivity contribution < 1.29 is 10.0 Å². The van der Waals surface area contributed by atoms with Crippen LogP contribution in [0.5, 0.6) is 0 Å². The highest BCUT2D eigenvalue weighted by molar-refractivity contribution is 6.33. The van der Waals surface area contributed by atoms with Crippen LogP contribution in [-0.4, -0.2) is 29.2 Å². The van der Waals surface area contributed by atoms with Gasteiger partial charge in [0, 0.05) is 25.2 Å². The van der Waals surface area contributed by atoms with Gasteiger partial charge in [-0.1, -0.05) is 11.6 Å². The first-order valence-electron chi connectivity index (χ1n) is 4.95. The van der Waals surface area contributed by atoms with Crippen LogP contribution in [0.4, 0.5) is 11.4 Å². The van der Waals surface area contributed by atoms with E-state index in [2.05, 4.69) is 0 Å². The first-order valence-corrected chi connectivity index (χ1v) is 5.32. The molecule has 1 N–H and O–H groups in total. The van der Waals surface area contributed by atoms with E-state index in [1.54, 1.807) is 6.07 Å². The maximum atomic E-state index is 10.5. The van der Waals surface area contributed by atoms with Crippen molar-refractivity contribution in [3.05, 3.63) is 33.3 Å².